The molecule has 0 amide bonds. The highest BCUT2D eigenvalue weighted by atomic mass is 15.1. The van der Waals surface area contributed by atoms with E-state index in [1.165, 1.54) is 5.57 Å². The number of hydrogen-bond donors (Lipinski definition) is 0. The third-order valence-electron chi connectivity index (χ3n) is 1.75. The van der Waals surface area contributed by atoms with Crippen molar-refractivity contribution in [2.45, 2.75) is 33.2 Å². The van der Waals surface area contributed by atoms with Gasteiger partial charge in [-0.1, -0.05) is 11.6 Å². The molecule has 0 aliphatic carbocycles. The van der Waals surface area contributed by atoms with E-state index >= 15 is 0 Å². The van der Waals surface area contributed by atoms with Crippen molar-refractivity contribution >= 4 is 0 Å². The molecule has 0 saturated heterocycles. The summed E-state index contributed by atoms with van der Waals surface area (Å²) in [4.78, 5) is 2.24. The van der Waals surface area contributed by atoms with Crippen molar-refractivity contribution in [2.75, 3.05) is 14.1 Å². The highest BCUT2D eigenvalue weighted by Gasteiger charge is 1.99. The normalized spacial score (nSPS) is 13.4. The summed E-state index contributed by atoms with van der Waals surface area (Å²) in [5.74, 6) is 0. The Labute approximate surface area is 64.7 Å². The molecule has 1 unspecified atom stereocenters. The molecular weight excluding hydrogens is 122 g/mol. The van der Waals surface area contributed by atoms with Crippen LogP contribution in [0.5, 0.6) is 0 Å². The van der Waals surface area contributed by atoms with E-state index in [-0.39, 0.29) is 0 Å². The zero-order valence-corrected chi connectivity index (χ0v) is 7.81. The third-order valence-corrected chi connectivity index (χ3v) is 1.75. The number of allylic oxidation sites excluding steroid dienone is 1. The molecule has 10 heavy (non-hydrogen) atoms. The van der Waals surface area contributed by atoms with Crippen molar-refractivity contribution in [3.05, 3.63) is 11.6 Å². The highest BCUT2D eigenvalue weighted by molar-refractivity contribution is 4.94. The topological polar surface area (TPSA) is 3.24 Å². The van der Waals surface area contributed by atoms with Crippen molar-refractivity contribution in [2.24, 2.45) is 0 Å². The predicted octanol–water partition coefficient (Wildman–Crippen LogP) is 2.29. The van der Waals surface area contributed by atoms with Gasteiger partial charge in [-0.15, -0.1) is 0 Å². The second-order valence-electron chi connectivity index (χ2n) is 3.33. The molecule has 0 heterocycles. The van der Waals surface area contributed by atoms with Crippen LogP contribution in [0, 0.1) is 0 Å². The van der Waals surface area contributed by atoms with Gasteiger partial charge >= 0.3 is 0 Å². The first kappa shape index (κ1) is 9.70. The summed E-state index contributed by atoms with van der Waals surface area (Å²) in [6.07, 6.45) is 3.44. The second-order valence-corrected chi connectivity index (χ2v) is 3.33. The minimum Gasteiger partial charge on any atom is -0.306 e. The average molecular weight is 141 g/mol. The van der Waals surface area contributed by atoms with Crippen molar-refractivity contribution in [3.63, 3.8) is 0 Å². The summed E-state index contributed by atoms with van der Waals surface area (Å²) in [5.41, 5.74) is 1.41. The van der Waals surface area contributed by atoms with Gasteiger partial charge in [-0.05, 0) is 41.3 Å². The molecule has 0 aromatic carbocycles. The smallest absolute Gasteiger partial charge is 0.00954 e. The molecule has 0 radical (unpaired) electrons. The molecule has 60 valence electrons. The summed E-state index contributed by atoms with van der Waals surface area (Å²) in [6, 6.07) is 0.662. The lowest BCUT2D eigenvalue weighted by atomic mass is 10.2. The lowest BCUT2D eigenvalue weighted by Gasteiger charge is -2.17. The molecule has 0 N–H and O–H groups in total. The largest absolute Gasteiger partial charge is 0.306 e. The summed E-state index contributed by atoms with van der Waals surface area (Å²) in [5, 5.41) is 0. The summed E-state index contributed by atoms with van der Waals surface area (Å²) in [7, 11) is 4.23. The van der Waals surface area contributed by atoms with Crippen LogP contribution >= 0.6 is 0 Å². The lowest BCUT2D eigenvalue weighted by Crippen LogP contribution is -2.23. The van der Waals surface area contributed by atoms with E-state index in [2.05, 4.69) is 45.8 Å². The first-order chi connectivity index (χ1) is 4.54. The van der Waals surface area contributed by atoms with Crippen molar-refractivity contribution < 1.29 is 0 Å². The third kappa shape index (κ3) is 4.57. The first-order valence-electron chi connectivity index (χ1n) is 3.84. The van der Waals surface area contributed by atoms with Crippen molar-refractivity contribution in [1.29, 1.82) is 0 Å². The molecule has 1 atom stereocenters. The molecule has 0 aromatic rings. The van der Waals surface area contributed by atoms with Gasteiger partial charge in [0, 0.05) is 6.04 Å². The molecule has 0 spiro atoms. The molecule has 1 nitrogen and oxygen atoms in total. The zero-order valence-electron chi connectivity index (χ0n) is 7.81. The molecule has 0 aliphatic heterocycles. The maximum absolute atomic E-state index is 2.28. The van der Waals surface area contributed by atoms with Gasteiger partial charge in [-0.2, -0.15) is 0 Å². The van der Waals surface area contributed by atoms with Gasteiger partial charge in [0.05, 0.1) is 0 Å². The Balaban J connectivity index is 3.59. The molecule has 0 rings (SSSR count). The maximum Gasteiger partial charge on any atom is 0.00954 e. The van der Waals surface area contributed by atoms with Crippen LogP contribution in [0.25, 0.3) is 0 Å². The standard InChI is InChI=1S/C9H19N/c1-8(2)6-7-9(3)10(4)5/h6,9H,7H2,1-5H3. The molecule has 1 heteroatoms. The van der Waals surface area contributed by atoms with Crippen LogP contribution in [0.15, 0.2) is 11.6 Å². The maximum atomic E-state index is 2.28. The van der Waals surface area contributed by atoms with Gasteiger partial charge in [-0.3, -0.25) is 0 Å². The van der Waals surface area contributed by atoms with Crippen LogP contribution < -0.4 is 0 Å². The van der Waals surface area contributed by atoms with Crippen LogP contribution in [0.1, 0.15) is 27.2 Å². The quantitative estimate of drug-likeness (QED) is 0.545. The van der Waals surface area contributed by atoms with E-state index < -0.39 is 0 Å². The number of hydrogen-bond acceptors (Lipinski definition) is 1. The van der Waals surface area contributed by atoms with E-state index in [0.29, 0.717) is 6.04 Å². The SMILES string of the molecule is CC(C)=CCC(C)N(C)C. The van der Waals surface area contributed by atoms with Crippen molar-refractivity contribution in [1.82, 2.24) is 4.90 Å². The van der Waals surface area contributed by atoms with Crippen LogP contribution in [-0.2, 0) is 0 Å². The Morgan fingerprint density at radius 1 is 1.40 bits per heavy atom. The number of nitrogens with zero attached hydrogens (tertiary/aromatic N) is 1. The summed E-state index contributed by atoms with van der Waals surface area (Å²) >= 11 is 0. The Bertz CT molecular complexity index is 110. The fourth-order valence-corrected chi connectivity index (χ4v) is 0.617. The second kappa shape index (κ2) is 4.51. The van der Waals surface area contributed by atoms with E-state index in [0.717, 1.165) is 6.42 Å². The monoisotopic (exact) mass is 141 g/mol. The van der Waals surface area contributed by atoms with E-state index in [1.807, 2.05) is 0 Å². The first-order valence-corrected chi connectivity index (χ1v) is 3.84. The van der Waals surface area contributed by atoms with Gasteiger partial charge in [0.25, 0.3) is 0 Å². The molecule has 0 fully saturated rings. The molecular formula is C9H19N. The minimum atomic E-state index is 0.662. The average Bonchev–Trinajstić information content (AvgIpc) is 1.82. The van der Waals surface area contributed by atoms with Gasteiger partial charge in [0.15, 0.2) is 0 Å². The van der Waals surface area contributed by atoms with Gasteiger partial charge in [0.1, 0.15) is 0 Å². The van der Waals surface area contributed by atoms with Gasteiger partial charge in [0.2, 0.25) is 0 Å². The van der Waals surface area contributed by atoms with E-state index in [1.54, 1.807) is 0 Å². The Morgan fingerprint density at radius 2 is 1.90 bits per heavy atom. The van der Waals surface area contributed by atoms with Crippen LogP contribution in [0.2, 0.25) is 0 Å². The van der Waals surface area contributed by atoms with Crippen molar-refractivity contribution in [3.8, 4) is 0 Å². The zero-order chi connectivity index (χ0) is 8.15. The van der Waals surface area contributed by atoms with Crippen LogP contribution in [0.3, 0.4) is 0 Å². The highest BCUT2D eigenvalue weighted by Crippen LogP contribution is 2.01. The van der Waals surface area contributed by atoms with Gasteiger partial charge in [-0.25, -0.2) is 0 Å². The van der Waals surface area contributed by atoms with E-state index in [9.17, 15) is 0 Å². The molecule has 0 bridgehead atoms. The fraction of sp³-hybridized carbons (Fsp3) is 0.778. The Hall–Kier alpha value is -0.300. The molecule has 0 aromatic heterocycles. The summed E-state index contributed by atoms with van der Waals surface area (Å²) < 4.78 is 0. The van der Waals surface area contributed by atoms with Gasteiger partial charge < -0.3 is 4.90 Å². The van der Waals surface area contributed by atoms with Crippen LogP contribution in [-0.4, -0.2) is 25.0 Å². The number of rotatable bonds is 3. The van der Waals surface area contributed by atoms with E-state index in [4.69, 9.17) is 0 Å². The van der Waals surface area contributed by atoms with Crippen LogP contribution in [0.4, 0.5) is 0 Å². The predicted molar refractivity (Wildman–Crippen MR) is 47.2 cm³/mol. The Kier molecular flexibility index (Phi) is 4.37. The molecule has 0 saturated carbocycles. The summed E-state index contributed by atoms with van der Waals surface area (Å²) in [6.45, 7) is 6.52. The fourth-order valence-electron chi connectivity index (χ4n) is 0.617. The minimum absolute atomic E-state index is 0.662. The lowest BCUT2D eigenvalue weighted by molar-refractivity contribution is 0.315. The Morgan fingerprint density at radius 3 is 2.20 bits per heavy atom. The molecule has 0 aliphatic rings.